The molecule has 0 aliphatic carbocycles. The molecule has 0 bridgehead atoms. The Balaban J connectivity index is 2.21. The molecule has 3 heteroatoms. The highest BCUT2D eigenvalue weighted by atomic mass is 16.5. The molecule has 0 fully saturated rings. The molecule has 0 saturated carbocycles. The fourth-order valence-corrected chi connectivity index (χ4v) is 2.70. The number of ether oxygens (including phenoxy) is 1. The summed E-state index contributed by atoms with van der Waals surface area (Å²) in [6.07, 6.45) is 2.33. The molecule has 3 nitrogen and oxygen atoms in total. The summed E-state index contributed by atoms with van der Waals surface area (Å²) >= 11 is 0. The second-order valence-electron chi connectivity index (χ2n) is 4.71. The largest absolute Gasteiger partial charge is 0.497 e. The van der Waals surface area contributed by atoms with Crippen molar-refractivity contribution < 1.29 is 4.74 Å². The number of methoxy groups -OCH3 is 1. The molecule has 90 valence electrons. The van der Waals surface area contributed by atoms with Crippen molar-refractivity contribution in [2.75, 3.05) is 13.7 Å². The number of H-pyrrole nitrogens is 1. The lowest BCUT2D eigenvalue weighted by atomic mass is 10.0. The Kier molecular flexibility index (Phi) is 2.56. The third kappa shape index (κ3) is 1.71. The van der Waals surface area contributed by atoms with Crippen LogP contribution in [0.2, 0.25) is 0 Å². The number of benzene rings is 1. The first kappa shape index (κ1) is 10.7. The predicted molar refractivity (Wildman–Crippen MR) is 69.6 cm³/mol. The molecule has 1 aliphatic heterocycles. The Labute approximate surface area is 101 Å². The summed E-state index contributed by atoms with van der Waals surface area (Å²) in [7, 11) is 1.72. The second kappa shape index (κ2) is 4.08. The van der Waals surface area contributed by atoms with Crippen LogP contribution < -0.4 is 10.1 Å². The summed E-state index contributed by atoms with van der Waals surface area (Å²) in [5.41, 5.74) is 4.01. The van der Waals surface area contributed by atoms with Crippen LogP contribution >= 0.6 is 0 Å². The van der Waals surface area contributed by atoms with E-state index in [1.165, 1.54) is 28.6 Å². The van der Waals surface area contributed by atoms with E-state index in [0.29, 0.717) is 6.04 Å². The number of hydrogen-bond donors (Lipinski definition) is 2. The normalized spacial score (nSPS) is 20.0. The highest BCUT2D eigenvalue weighted by Crippen LogP contribution is 2.31. The van der Waals surface area contributed by atoms with Crippen LogP contribution in [-0.2, 0) is 6.42 Å². The Morgan fingerprint density at radius 2 is 2.24 bits per heavy atom. The molecule has 0 amide bonds. The van der Waals surface area contributed by atoms with Gasteiger partial charge in [-0.25, -0.2) is 0 Å². The molecular formula is C14H18N2O. The molecule has 2 aromatic rings. The van der Waals surface area contributed by atoms with Gasteiger partial charge in [0.1, 0.15) is 5.75 Å². The molecule has 2 heterocycles. The lowest BCUT2D eigenvalue weighted by Gasteiger charge is -2.09. The van der Waals surface area contributed by atoms with Gasteiger partial charge in [0, 0.05) is 22.6 Å². The predicted octanol–water partition coefficient (Wildman–Crippen LogP) is 2.77. The van der Waals surface area contributed by atoms with E-state index in [2.05, 4.69) is 29.4 Å². The number of aromatic amines is 1. The first-order valence-corrected chi connectivity index (χ1v) is 6.21. The van der Waals surface area contributed by atoms with Crippen LogP contribution in [0.1, 0.15) is 30.6 Å². The van der Waals surface area contributed by atoms with E-state index in [4.69, 9.17) is 4.74 Å². The van der Waals surface area contributed by atoms with Gasteiger partial charge in [-0.1, -0.05) is 0 Å². The Morgan fingerprint density at radius 3 is 3.06 bits per heavy atom. The van der Waals surface area contributed by atoms with Crippen molar-refractivity contribution in [2.24, 2.45) is 0 Å². The van der Waals surface area contributed by atoms with E-state index in [1.54, 1.807) is 7.11 Å². The van der Waals surface area contributed by atoms with E-state index in [9.17, 15) is 0 Å². The van der Waals surface area contributed by atoms with Gasteiger partial charge in [0.15, 0.2) is 0 Å². The molecule has 1 aromatic carbocycles. The number of fused-ring (bicyclic) bond motifs is 3. The van der Waals surface area contributed by atoms with Gasteiger partial charge in [-0.2, -0.15) is 0 Å². The van der Waals surface area contributed by atoms with E-state index in [0.717, 1.165) is 18.7 Å². The average molecular weight is 230 g/mol. The molecule has 1 atom stereocenters. The zero-order chi connectivity index (χ0) is 11.8. The quantitative estimate of drug-likeness (QED) is 0.790. The lowest BCUT2D eigenvalue weighted by molar-refractivity contribution is 0.415. The summed E-state index contributed by atoms with van der Waals surface area (Å²) in [5, 5.41) is 4.84. The van der Waals surface area contributed by atoms with Crippen molar-refractivity contribution in [3.63, 3.8) is 0 Å². The monoisotopic (exact) mass is 230 g/mol. The maximum atomic E-state index is 5.31. The minimum absolute atomic E-state index is 0.408. The van der Waals surface area contributed by atoms with Crippen LogP contribution in [0.5, 0.6) is 5.75 Å². The summed E-state index contributed by atoms with van der Waals surface area (Å²) in [6, 6.07) is 6.67. The minimum atomic E-state index is 0.408. The van der Waals surface area contributed by atoms with Gasteiger partial charge in [0.25, 0.3) is 0 Å². The fraction of sp³-hybridized carbons (Fsp3) is 0.429. The highest BCUT2D eigenvalue weighted by Gasteiger charge is 2.19. The van der Waals surface area contributed by atoms with E-state index in [1.807, 2.05) is 6.07 Å². The van der Waals surface area contributed by atoms with Crippen molar-refractivity contribution in [1.82, 2.24) is 10.3 Å². The van der Waals surface area contributed by atoms with Gasteiger partial charge >= 0.3 is 0 Å². The van der Waals surface area contributed by atoms with Gasteiger partial charge in [0.05, 0.1) is 7.11 Å². The topological polar surface area (TPSA) is 37.0 Å². The molecule has 0 radical (unpaired) electrons. The highest BCUT2D eigenvalue weighted by molar-refractivity contribution is 5.86. The third-order valence-corrected chi connectivity index (χ3v) is 3.63. The van der Waals surface area contributed by atoms with Crippen LogP contribution in [0.15, 0.2) is 18.2 Å². The van der Waals surface area contributed by atoms with Gasteiger partial charge in [-0.05, 0) is 50.1 Å². The Bertz CT molecular complexity index is 544. The number of nitrogens with one attached hydrogen (secondary N) is 2. The van der Waals surface area contributed by atoms with Crippen LogP contribution in [0.3, 0.4) is 0 Å². The maximum Gasteiger partial charge on any atom is 0.119 e. The van der Waals surface area contributed by atoms with Crippen molar-refractivity contribution in [3.05, 3.63) is 29.5 Å². The number of aryl methyl sites for hydroxylation is 1. The van der Waals surface area contributed by atoms with E-state index >= 15 is 0 Å². The van der Waals surface area contributed by atoms with Crippen molar-refractivity contribution >= 4 is 10.9 Å². The molecule has 1 aliphatic rings. The minimum Gasteiger partial charge on any atom is -0.497 e. The van der Waals surface area contributed by atoms with Crippen LogP contribution in [0.25, 0.3) is 10.9 Å². The van der Waals surface area contributed by atoms with Crippen molar-refractivity contribution in [1.29, 1.82) is 0 Å². The first-order valence-electron chi connectivity index (χ1n) is 6.21. The average Bonchev–Trinajstić information content (AvgIpc) is 2.62. The number of aromatic nitrogens is 1. The van der Waals surface area contributed by atoms with Gasteiger partial charge in [-0.3, -0.25) is 0 Å². The van der Waals surface area contributed by atoms with E-state index in [-0.39, 0.29) is 0 Å². The molecule has 3 rings (SSSR count). The maximum absolute atomic E-state index is 5.31. The fourth-order valence-electron chi connectivity index (χ4n) is 2.70. The SMILES string of the molecule is COc1ccc2[nH]c3c(c2c1)CCCNC3C. The molecule has 2 N–H and O–H groups in total. The number of hydrogen-bond acceptors (Lipinski definition) is 2. The summed E-state index contributed by atoms with van der Waals surface area (Å²) in [6.45, 7) is 3.31. The molecule has 17 heavy (non-hydrogen) atoms. The molecule has 0 saturated heterocycles. The Morgan fingerprint density at radius 1 is 1.35 bits per heavy atom. The molecular weight excluding hydrogens is 212 g/mol. The summed E-state index contributed by atoms with van der Waals surface area (Å²) in [5.74, 6) is 0.934. The Hall–Kier alpha value is -1.48. The summed E-state index contributed by atoms with van der Waals surface area (Å²) in [4.78, 5) is 3.54. The van der Waals surface area contributed by atoms with Crippen LogP contribution in [-0.4, -0.2) is 18.6 Å². The molecule has 0 spiro atoms. The number of rotatable bonds is 1. The van der Waals surface area contributed by atoms with E-state index < -0.39 is 0 Å². The lowest BCUT2D eigenvalue weighted by Crippen LogP contribution is -2.18. The van der Waals surface area contributed by atoms with Crippen molar-refractivity contribution in [2.45, 2.75) is 25.8 Å². The van der Waals surface area contributed by atoms with Crippen LogP contribution in [0, 0.1) is 0 Å². The van der Waals surface area contributed by atoms with Gasteiger partial charge in [0.2, 0.25) is 0 Å². The van der Waals surface area contributed by atoms with Gasteiger partial charge < -0.3 is 15.0 Å². The zero-order valence-electron chi connectivity index (χ0n) is 10.3. The summed E-state index contributed by atoms with van der Waals surface area (Å²) < 4.78 is 5.31. The molecule has 1 aromatic heterocycles. The second-order valence-corrected chi connectivity index (χ2v) is 4.71. The zero-order valence-corrected chi connectivity index (χ0v) is 10.3. The smallest absolute Gasteiger partial charge is 0.119 e. The molecule has 1 unspecified atom stereocenters. The third-order valence-electron chi connectivity index (χ3n) is 3.63. The standard InChI is InChI=1S/C14H18N2O/c1-9-14-11(4-3-7-15-9)12-8-10(17-2)5-6-13(12)16-14/h5-6,8-9,15-16H,3-4,7H2,1-2H3. The van der Waals surface area contributed by atoms with Gasteiger partial charge in [-0.15, -0.1) is 0 Å². The van der Waals surface area contributed by atoms with Crippen LogP contribution in [0.4, 0.5) is 0 Å². The first-order chi connectivity index (χ1) is 8.29. The van der Waals surface area contributed by atoms with Crippen molar-refractivity contribution in [3.8, 4) is 5.75 Å².